The molecule has 0 spiro atoms. The highest BCUT2D eigenvalue weighted by molar-refractivity contribution is 5.38. The molecule has 5 nitrogen and oxygen atoms in total. The molecular weight excluding hydrogens is 215 g/mol. The van der Waals surface area contributed by atoms with E-state index in [2.05, 4.69) is 4.98 Å². The number of aromatic nitrogens is 1. The van der Waals surface area contributed by atoms with Crippen molar-refractivity contribution in [1.82, 2.24) is 4.98 Å². The quantitative estimate of drug-likeness (QED) is 0.619. The lowest BCUT2D eigenvalue weighted by Gasteiger charge is -2.04. The van der Waals surface area contributed by atoms with Crippen molar-refractivity contribution in [2.24, 2.45) is 5.73 Å². The number of hydrogen-bond acceptors (Lipinski definition) is 4. The van der Waals surface area contributed by atoms with E-state index >= 15 is 0 Å². The summed E-state index contributed by atoms with van der Waals surface area (Å²) >= 11 is 0. The summed E-state index contributed by atoms with van der Waals surface area (Å²) < 4.78 is 37.7. The fraction of sp³-hybridized carbons (Fsp3) is 0.286. The lowest BCUT2D eigenvalue weighted by molar-refractivity contribution is -0.389. The van der Waals surface area contributed by atoms with E-state index in [1.54, 1.807) is 0 Å². The fourth-order valence-corrected chi connectivity index (χ4v) is 1.01. The molecule has 1 aromatic heterocycles. The summed E-state index contributed by atoms with van der Waals surface area (Å²) in [5, 5.41) is 10.3. The molecule has 0 bridgehead atoms. The molecular formula is C7H6F3N3O2. The minimum atomic E-state index is -3.22. The molecule has 0 aliphatic rings. The van der Waals surface area contributed by atoms with Crippen LogP contribution in [-0.2, 0) is 6.54 Å². The number of pyridine rings is 1. The van der Waals surface area contributed by atoms with Gasteiger partial charge in [0.15, 0.2) is 5.69 Å². The third-order valence-electron chi connectivity index (χ3n) is 1.62. The van der Waals surface area contributed by atoms with E-state index in [4.69, 9.17) is 5.73 Å². The molecule has 0 aromatic carbocycles. The number of alkyl halides is 2. The maximum absolute atomic E-state index is 13.0. The van der Waals surface area contributed by atoms with Crippen LogP contribution in [0.25, 0.3) is 0 Å². The number of nitrogens with zero attached hydrogens (tertiary/aromatic N) is 2. The second-order valence-electron chi connectivity index (χ2n) is 2.59. The Kier molecular flexibility index (Phi) is 3.20. The van der Waals surface area contributed by atoms with Crippen LogP contribution in [-0.4, -0.2) is 9.91 Å². The molecule has 82 valence electrons. The van der Waals surface area contributed by atoms with Crippen LogP contribution in [0.3, 0.4) is 0 Å². The predicted molar refractivity (Wildman–Crippen MR) is 43.7 cm³/mol. The third-order valence-corrected chi connectivity index (χ3v) is 1.62. The van der Waals surface area contributed by atoms with Gasteiger partial charge >= 0.3 is 5.69 Å². The van der Waals surface area contributed by atoms with Gasteiger partial charge in [0, 0.05) is 12.6 Å². The monoisotopic (exact) mass is 221 g/mol. The van der Waals surface area contributed by atoms with Gasteiger partial charge in [-0.3, -0.25) is 10.1 Å². The van der Waals surface area contributed by atoms with Crippen molar-refractivity contribution in [3.8, 4) is 0 Å². The van der Waals surface area contributed by atoms with Gasteiger partial charge in [-0.05, 0) is 0 Å². The summed E-state index contributed by atoms with van der Waals surface area (Å²) in [4.78, 5) is 12.3. The highest BCUT2D eigenvalue weighted by Crippen LogP contribution is 2.29. The molecule has 0 aliphatic heterocycles. The summed E-state index contributed by atoms with van der Waals surface area (Å²) in [5.74, 6) is -1.36. The lowest BCUT2D eigenvalue weighted by atomic mass is 10.2. The number of nitro groups is 1. The van der Waals surface area contributed by atoms with Crippen molar-refractivity contribution in [1.29, 1.82) is 0 Å². The molecule has 0 saturated heterocycles. The van der Waals surface area contributed by atoms with E-state index in [-0.39, 0.29) is 12.2 Å². The van der Waals surface area contributed by atoms with Crippen LogP contribution in [0.1, 0.15) is 17.8 Å². The van der Waals surface area contributed by atoms with Crippen LogP contribution in [0.4, 0.5) is 18.9 Å². The minimum Gasteiger partial charge on any atom is -0.325 e. The van der Waals surface area contributed by atoms with E-state index < -0.39 is 28.5 Å². The summed E-state index contributed by atoms with van der Waals surface area (Å²) in [5.41, 5.74) is 2.41. The number of halogens is 3. The van der Waals surface area contributed by atoms with E-state index in [0.717, 1.165) is 0 Å². The largest absolute Gasteiger partial charge is 0.331 e. The Bertz CT molecular complexity index is 397. The van der Waals surface area contributed by atoms with Crippen molar-refractivity contribution in [2.75, 3.05) is 0 Å². The number of hydrogen-bond donors (Lipinski definition) is 1. The fourth-order valence-electron chi connectivity index (χ4n) is 1.01. The molecule has 0 saturated carbocycles. The Labute approximate surface area is 81.9 Å². The van der Waals surface area contributed by atoms with Crippen LogP contribution >= 0.6 is 0 Å². The average Bonchev–Trinajstić information content (AvgIpc) is 2.15. The van der Waals surface area contributed by atoms with Crippen LogP contribution in [0.2, 0.25) is 0 Å². The summed E-state index contributed by atoms with van der Waals surface area (Å²) in [6.07, 6.45) is -3.22. The second kappa shape index (κ2) is 4.22. The van der Waals surface area contributed by atoms with Gasteiger partial charge in [0.05, 0.1) is 10.6 Å². The van der Waals surface area contributed by atoms with Gasteiger partial charge in [-0.15, -0.1) is 0 Å². The molecule has 0 atom stereocenters. The highest BCUT2D eigenvalue weighted by Gasteiger charge is 2.28. The van der Waals surface area contributed by atoms with Crippen molar-refractivity contribution in [3.05, 3.63) is 33.4 Å². The Morgan fingerprint density at radius 2 is 2.20 bits per heavy atom. The molecule has 2 N–H and O–H groups in total. The van der Waals surface area contributed by atoms with Crippen molar-refractivity contribution >= 4 is 5.69 Å². The lowest BCUT2D eigenvalue weighted by Crippen LogP contribution is -2.08. The number of rotatable bonds is 3. The van der Waals surface area contributed by atoms with E-state index in [9.17, 15) is 23.3 Å². The van der Waals surface area contributed by atoms with Crippen LogP contribution in [0, 0.1) is 15.9 Å². The number of nitrogens with two attached hydrogens (primary N) is 1. The Balaban J connectivity index is 3.42. The first kappa shape index (κ1) is 11.4. The maximum atomic E-state index is 13.0. The first-order valence-electron chi connectivity index (χ1n) is 3.79. The normalized spacial score (nSPS) is 10.7. The predicted octanol–water partition coefficient (Wildman–Crippen LogP) is 1.53. The maximum Gasteiger partial charge on any atom is 0.331 e. The zero-order valence-corrected chi connectivity index (χ0v) is 7.28. The molecule has 1 rings (SSSR count). The van der Waals surface area contributed by atoms with E-state index in [0.29, 0.717) is 6.07 Å². The molecule has 8 heteroatoms. The summed E-state index contributed by atoms with van der Waals surface area (Å²) in [6, 6.07) is 0.671. The van der Waals surface area contributed by atoms with Gasteiger partial charge < -0.3 is 5.73 Å². The summed E-state index contributed by atoms with van der Waals surface area (Å²) in [7, 11) is 0. The third kappa shape index (κ3) is 2.21. The molecule has 15 heavy (non-hydrogen) atoms. The second-order valence-corrected chi connectivity index (χ2v) is 2.59. The van der Waals surface area contributed by atoms with E-state index in [1.807, 2.05) is 0 Å². The first-order chi connectivity index (χ1) is 6.97. The molecule has 1 heterocycles. The molecule has 0 unspecified atom stereocenters. The zero-order valence-electron chi connectivity index (χ0n) is 7.28. The standard InChI is InChI=1S/C7H6F3N3O2/c8-4-1-3(2-11)12-5(7(9)10)6(4)13(14)15/h1,7H,2,11H2. The SMILES string of the molecule is NCc1cc(F)c([N+](=O)[O-])c(C(F)F)n1. The van der Waals surface area contributed by atoms with Gasteiger partial charge in [-0.25, -0.2) is 13.8 Å². The Hall–Kier alpha value is -1.70. The van der Waals surface area contributed by atoms with Crippen LogP contribution < -0.4 is 5.73 Å². The molecule has 0 amide bonds. The average molecular weight is 221 g/mol. The minimum absolute atomic E-state index is 0.159. The molecule has 1 aromatic rings. The molecule has 0 aliphatic carbocycles. The Morgan fingerprint density at radius 3 is 2.60 bits per heavy atom. The topological polar surface area (TPSA) is 82.0 Å². The van der Waals surface area contributed by atoms with Crippen LogP contribution in [0.15, 0.2) is 6.07 Å². The van der Waals surface area contributed by atoms with Gasteiger partial charge in [-0.2, -0.15) is 4.39 Å². The molecule has 0 radical (unpaired) electrons. The highest BCUT2D eigenvalue weighted by atomic mass is 19.3. The van der Waals surface area contributed by atoms with Crippen molar-refractivity contribution in [2.45, 2.75) is 13.0 Å². The molecule has 0 fully saturated rings. The smallest absolute Gasteiger partial charge is 0.325 e. The van der Waals surface area contributed by atoms with Crippen molar-refractivity contribution < 1.29 is 18.1 Å². The zero-order chi connectivity index (χ0) is 11.6. The van der Waals surface area contributed by atoms with Crippen LogP contribution in [0.5, 0.6) is 0 Å². The van der Waals surface area contributed by atoms with Gasteiger partial charge in [0.1, 0.15) is 0 Å². The van der Waals surface area contributed by atoms with Gasteiger partial charge in [0.25, 0.3) is 6.43 Å². The van der Waals surface area contributed by atoms with Gasteiger partial charge in [-0.1, -0.05) is 0 Å². The Morgan fingerprint density at radius 1 is 1.60 bits per heavy atom. The van der Waals surface area contributed by atoms with E-state index in [1.165, 1.54) is 0 Å². The first-order valence-corrected chi connectivity index (χ1v) is 3.79. The van der Waals surface area contributed by atoms with Crippen molar-refractivity contribution in [3.63, 3.8) is 0 Å². The van der Waals surface area contributed by atoms with Gasteiger partial charge in [0.2, 0.25) is 5.82 Å². The summed E-state index contributed by atoms with van der Waals surface area (Å²) in [6.45, 7) is -0.269.